The molecule has 1 aliphatic rings. The number of hydrogen-bond acceptors (Lipinski definition) is 5. The van der Waals surface area contributed by atoms with E-state index in [1.54, 1.807) is 0 Å². The summed E-state index contributed by atoms with van der Waals surface area (Å²) >= 11 is 1.50. The van der Waals surface area contributed by atoms with Gasteiger partial charge in [0.2, 0.25) is 11.0 Å². The number of carbonyl (C=O) groups is 1. The Hall–Kier alpha value is -0.720. The van der Waals surface area contributed by atoms with Crippen LogP contribution in [0.1, 0.15) is 50.5 Å². The molecule has 0 aliphatic carbocycles. The third-order valence-corrected chi connectivity index (χ3v) is 4.38. The largest absolute Gasteiger partial charge is 0.306 e. The van der Waals surface area contributed by atoms with E-state index >= 15 is 0 Å². The van der Waals surface area contributed by atoms with Crippen molar-refractivity contribution in [2.75, 3.05) is 11.9 Å². The maximum Gasteiger partial charge on any atom is 0.243 e. The lowest BCUT2D eigenvalue weighted by Gasteiger charge is -2.08. The van der Waals surface area contributed by atoms with Crippen LogP contribution < -0.4 is 10.6 Å². The molecule has 2 heterocycles. The molecule has 19 heavy (non-hydrogen) atoms. The number of anilines is 1. The van der Waals surface area contributed by atoms with Crippen molar-refractivity contribution in [3.05, 3.63) is 5.01 Å². The van der Waals surface area contributed by atoms with Gasteiger partial charge in [0.05, 0.1) is 6.04 Å². The maximum atomic E-state index is 11.9. The smallest absolute Gasteiger partial charge is 0.243 e. The Morgan fingerprint density at radius 2 is 2.21 bits per heavy atom. The van der Waals surface area contributed by atoms with Crippen molar-refractivity contribution in [1.29, 1.82) is 0 Å². The van der Waals surface area contributed by atoms with Crippen LogP contribution in [0.2, 0.25) is 0 Å². The summed E-state index contributed by atoms with van der Waals surface area (Å²) in [5.74, 6) is 0.470. The molecule has 1 amide bonds. The fourth-order valence-corrected chi connectivity index (χ4v) is 3.20. The lowest BCUT2D eigenvalue weighted by atomic mass is 10.1. The summed E-state index contributed by atoms with van der Waals surface area (Å²) in [4.78, 5) is 11.9. The van der Waals surface area contributed by atoms with E-state index in [0.717, 1.165) is 37.2 Å². The Balaban J connectivity index is 0.00000180. The van der Waals surface area contributed by atoms with Crippen LogP contribution in [0.4, 0.5) is 5.13 Å². The minimum Gasteiger partial charge on any atom is -0.306 e. The molecule has 0 radical (unpaired) electrons. The first kappa shape index (κ1) is 16.3. The highest BCUT2D eigenvalue weighted by molar-refractivity contribution is 7.15. The predicted octanol–water partition coefficient (Wildman–Crippen LogP) is 2.55. The summed E-state index contributed by atoms with van der Waals surface area (Å²) < 4.78 is 0. The van der Waals surface area contributed by atoms with E-state index in [2.05, 4.69) is 34.7 Å². The van der Waals surface area contributed by atoms with Crippen molar-refractivity contribution >= 4 is 34.8 Å². The second-order valence-electron chi connectivity index (χ2n) is 4.60. The van der Waals surface area contributed by atoms with Crippen molar-refractivity contribution in [2.24, 2.45) is 0 Å². The molecule has 0 spiro atoms. The molecule has 0 aromatic carbocycles. The zero-order valence-electron chi connectivity index (χ0n) is 11.3. The summed E-state index contributed by atoms with van der Waals surface area (Å²) in [5, 5.41) is 15.9. The molecule has 1 aliphatic heterocycles. The SMILES string of the molecule is CCC(CC)c1nnc(NC(=O)C2CCCN2)s1.Cl. The average Bonchev–Trinajstić information content (AvgIpc) is 3.01. The highest BCUT2D eigenvalue weighted by atomic mass is 35.5. The zero-order chi connectivity index (χ0) is 13.0. The van der Waals surface area contributed by atoms with Crippen LogP contribution in [0.3, 0.4) is 0 Å². The van der Waals surface area contributed by atoms with E-state index in [4.69, 9.17) is 0 Å². The third-order valence-electron chi connectivity index (χ3n) is 3.38. The fourth-order valence-electron chi connectivity index (χ4n) is 2.19. The van der Waals surface area contributed by atoms with Crippen LogP contribution >= 0.6 is 23.7 Å². The standard InChI is InChI=1S/C12H20N4OS.ClH/c1-3-8(4-2)11-15-16-12(18-11)14-10(17)9-6-5-7-13-9;/h8-9,13H,3-7H2,1-2H3,(H,14,16,17);1H. The summed E-state index contributed by atoms with van der Waals surface area (Å²) in [7, 11) is 0. The molecule has 108 valence electrons. The number of carbonyl (C=O) groups excluding carboxylic acids is 1. The summed E-state index contributed by atoms with van der Waals surface area (Å²) in [6.07, 6.45) is 4.09. The van der Waals surface area contributed by atoms with Crippen molar-refractivity contribution in [2.45, 2.75) is 51.5 Å². The highest BCUT2D eigenvalue weighted by Gasteiger charge is 2.23. The molecule has 1 aromatic heterocycles. The molecule has 1 fully saturated rings. The van der Waals surface area contributed by atoms with E-state index in [9.17, 15) is 4.79 Å². The summed E-state index contributed by atoms with van der Waals surface area (Å²) in [6.45, 7) is 5.22. The van der Waals surface area contributed by atoms with Crippen LogP contribution in [-0.2, 0) is 4.79 Å². The fraction of sp³-hybridized carbons (Fsp3) is 0.750. The minimum absolute atomic E-state index is 0. The monoisotopic (exact) mass is 304 g/mol. The predicted molar refractivity (Wildman–Crippen MR) is 80.1 cm³/mol. The van der Waals surface area contributed by atoms with E-state index < -0.39 is 0 Å². The van der Waals surface area contributed by atoms with Crippen LogP contribution in [0.25, 0.3) is 0 Å². The van der Waals surface area contributed by atoms with Crippen molar-refractivity contribution < 1.29 is 4.79 Å². The average molecular weight is 305 g/mol. The summed E-state index contributed by atoms with van der Waals surface area (Å²) in [5.41, 5.74) is 0. The quantitative estimate of drug-likeness (QED) is 0.877. The molecule has 2 N–H and O–H groups in total. The zero-order valence-corrected chi connectivity index (χ0v) is 12.9. The van der Waals surface area contributed by atoms with Gasteiger partial charge in [0.1, 0.15) is 5.01 Å². The van der Waals surface area contributed by atoms with Crippen LogP contribution in [0.15, 0.2) is 0 Å². The van der Waals surface area contributed by atoms with Gasteiger partial charge < -0.3 is 5.32 Å². The van der Waals surface area contributed by atoms with Gasteiger partial charge in [-0.25, -0.2) is 0 Å². The molecule has 2 rings (SSSR count). The van der Waals surface area contributed by atoms with Crippen LogP contribution in [-0.4, -0.2) is 28.7 Å². The lowest BCUT2D eigenvalue weighted by Crippen LogP contribution is -2.35. The first-order chi connectivity index (χ1) is 8.74. The van der Waals surface area contributed by atoms with Gasteiger partial charge in [-0.2, -0.15) is 0 Å². The first-order valence-electron chi connectivity index (χ1n) is 6.62. The summed E-state index contributed by atoms with van der Waals surface area (Å²) in [6, 6.07) is -0.0644. The van der Waals surface area contributed by atoms with Gasteiger partial charge in [-0.1, -0.05) is 25.2 Å². The lowest BCUT2D eigenvalue weighted by molar-refractivity contribution is -0.117. The molecular weight excluding hydrogens is 284 g/mol. The topological polar surface area (TPSA) is 66.9 Å². The van der Waals surface area contributed by atoms with E-state index in [0.29, 0.717) is 11.0 Å². The highest BCUT2D eigenvalue weighted by Crippen LogP contribution is 2.28. The normalized spacial score (nSPS) is 18.4. The molecule has 1 aromatic rings. The van der Waals surface area contributed by atoms with Crippen molar-refractivity contribution in [1.82, 2.24) is 15.5 Å². The molecule has 5 nitrogen and oxygen atoms in total. The van der Waals surface area contributed by atoms with Crippen LogP contribution in [0, 0.1) is 0 Å². The molecule has 0 saturated carbocycles. The molecule has 0 bridgehead atoms. The number of rotatable bonds is 5. The van der Waals surface area contributed by atoms with Gasteiger partial charge in [-0.05, 0) is 32.2 Å². The molecule has 1 atom stereocenters. The molecule has 7 heteroatoms. The number of nitrogens with one attached hydrogen (secondary N) is 2. The Labute approximate surface area is 124 Å². The van der Waals surface area contributed by atoms with Crippen LogP contribution in [0.5, 0.6) is 0 Å². The van der Waals surface area contributed by atoms with Gasteiger partial charge in [-0.3, -0.25) is 10.1 Å². The first-order valence-corrected chi connectivity index (χ1v) is 7.43. The second-order valence-corrected chi connectivity index (χ2v) is 5.61. The number of halogens is 1. The van der Waals surface area contributed by atoms with Crippen molar-refractivity contribution in [3.8, 4) is 0 Å². The number of amides is 1. The maximum absolute atomic E-state index is 11.9. The van der Waals surface area contributed by atoms with Gasteiger partial charge in [0.25, 0.3) is 0 Å². The van der Waals surface area contributed by atoms with Gasteiger partial charge in [0.15, 0.2) is 0 Å². The minimum atomic E-state index is -0.0644. The molecule has 1 saturated heterocycles. The number of hydrogen-bond donors (Lipinski definition) is 2. The van der Waals surface area contributed by atoms with Gasteiger partial charge >= 0.3 is 0 Å². The Morgan fingerprint density at radius 1 is 1.47 bits per heavy atom. The number of aromatic nitrogens is 2. The van der Waals surface area contributed by atoms with E-state index in [1.165, 1.54) is 11.3 Å². The Bertz CT molecular complexity index is 402. The van der Waals surface area contributed by atoms with Gasteiger partial charge in [0, 0.05) is 5.92 Å². The van der Waals surface area contributed by atoms with E-state index in [1.807, 2.05) is 0 Å². The second kappa shape index (κ2) is 7.77. The van der Waals surface area contributed by atoms with Crippen molar-refractivity contribution in [3.63, 3.8) is 0 Å². The molecular formula is C12H21ClN4OS. The Kier molecular flexibility index (Phi) is 6.68. The molecule has 1 unspecified atom stereocenters. The number of nitrogens with zero attached hydrogens (tertiary/aromatic N) is 2. The van der Waals surface area contributed by atoms with E-state index in [-0.39, 0.29) is 24.4 Å². The Morgan fingerprint density at radius 3 is 2.79 bits per heavy atom. The van der Waals surface area contributed by atoms with Gasteiger partial charge in [-0.15, -0.1) is 22.6 Å². The third kappa shape index (κ3) is 4.12.